The average molecular weight is 437 g/mol. The Labute approximate surface area is 184 Å². The van der Waals surface area contributed by atoms with E-state index in [1.54, 1.807) is 43.8 Å². The number of methoxy groups -OCH3 is 2. The van der Waals surface area contributed by atoms with Crippen LogP contribution in [0.15, 0.2) is 30.3 Å². The van der Waals surface area contributed by atoms with Gasteiger partial charge in [-0.2, -0.15) is 5.10 Å². The predicted octanol–water partition coefficient (Wildman–Crippen LogP) is 4.99. The van der Waals surface area contributed by atoms with Crippen LogP contribution in [-0.4, -0.2) is 34.9 Å². The Hall–Kier alpha value is -3.39. The summed E-state index contributed by atoms with van der Waals surface area (Å²) in [6.45, 7) is 7.95. The Bertz CT molecular complexity index is 1310. The summed E-state index contributed by atoms with van der Waals surface area (Å²) in [5.74, 6) is 0.875. The number of hydrogen-bond donors (Lipinski definition) is 1. The Balaban J connectivity index is 1.71. The fourth-order valence-electron chi connectivity index (χ4n) is 3.64. The molecular formula is C23H24N4O3S. The monoisotopic (exact) mass is 436 g/mol. The zero-order chi connectivity index (χ0) is 22.3. The van der Waals surface area contributed by atoms with Crippen LogP contribution in [0.3, 0.4) is 0 Å². The van der Waals surface area contributed by atoms with Gasteiger partial charge in [-0.3, -0.25) is 4.79 Å². The number of nitrogens with one attached hydrogen (secondary N) is 1. The normalized spacial score (nSPS) is 11.0. The third kappa shape index (κ3) is 3.74. The van der Waals surface area contributed by atoms with Crippen molar-refractivity contribution >= 4 is 33.1 Å². The van der Waals surface area contributed by atoms with Gasteiger partial charge in [0.05, 0.1) is 30.1 Å². The fraction of sp³-hybridized carbons (Fsp3) is 0.261. The highest BCUT2D eigenvalue weighted by molar-refractivity contribution is 7.21. The number of amides is 1. The van der Waals surface area contributed by atoms with Gasteiger partial charge in [-0.25, -0.2) is 9.67 Å². The number of rotatable bonds is 5. The van der Waals surface area contributed by atoms with E-state index in [2.05, 4.69) is 10.4 Å². The molecule has 0 atom stereocenters. The molecule has 160 valence electrons. The van der Waals surface area contributed by atoms with Crippen LogP contribution in [-0.2, 0) is 0 Å². The third-order valence-corrected chi connectivity index (χ3v) is 6.35. The lowest BCUT2D eigenvalue weighted by Crippen LogP contribution is -2.14. The first-order chi connectivity index (χ1) is 14.8. The van der Waals surface area contributed by atoms with E-state index >= 15 is 0 Å². The van der Waals surface area contributed by atoms with Gasteiger partial charge in [-0.1, -0.05) is 11.3 Å². The molecule has 0 spiro atoms. The zero-order valence-corrected chi connectivity index (χ0v) is 19.2. The molecule has 0 aliphatic rings. The molecule has 2 heterocycles. The first-order valence-corrected chi connectivity index (χ1v) is 10.6. The van der Waals surface area contributed by atoms with Gasteiger partial charge in [0.25, 0.3) is 5.91 Å². The SMILES string of the molecule is COc1ccc(C(=O)Nc2c(C)cc3nc(-n4nc(C)cc4C)sc3c2C)cc1OC. The highest BCUT2D eigenvalue weighted by Crippen LogP contribution is 2.35. The van der Waals surface area contributed by atoms with E-state index in [-0.39, 0.29) is 5.91 Å². The van der Waals surface area contributed by atoms with Gasteiger partial charge in [0.15, 0.2) is 11.5 Å². The van der Waals surface area contributed by atoms with Gasteiger partial charge in [-0.05, 0) is 69.2 Å². The second-order valence-corrected chi connectivity index (χ2v) is 8.38. The molecule has 0 bridgehead atoms. The number of benzene rings is 2. The number of carbonyl (C=O) groups is 1. The van der Waals surface area contributed by atoms with Crippen molar-refractivity contribution < 1.29 is 14.3 Å². The number of aryl methyl sites for hydroxylation is 4. The fourth-order valence-corrected chi connectivity index (χ4v) is 4.70. The minimum Gasteiger partial charge on any atom is -0.493 e. The summed E-state index contributed by atoms with van der Waals surface area (Å²) in [5.41, 5.74) is 6.09. The second-order valence-electron chi connectivity index (χ2n) is 7.40. The lowest BCUT2D eigenvalue weighted by Gasteiger charge is -2.13. The molecule has 0 saturated heterocycles. The van der Waals surface area contributed by atoms with E-state index in [1.807, 2.05) is 44.5 Å². The molecule has 0 aliphatic heterocycles. The quantitative estimate of drug-likeness (QED) is 0.477. The molecule has 7 nitrogen and oxygen atoms in total. The predicted molar refractivity (Wildman–Crippen MR) is 123 cm³/mol. The summed E-state index contributed by atoms with van der Waals surface area (Å²) in [6, 6.07) is 9.14. The Morgan fingerprint density at radius 3 is 2.42 bits per heavy atom. The minimum atomic E-state index is -0.213. The standard InChI is InChI=1S/C23H24N4O3S/c1-12-9-17-21(31-23(24-17)27-14(3)10-13(2)26-27)15(4)20(12)25-22(28)16-7-8-18(29-5)19(11-16)30-6/h7-11H,1-6H3,(H,25,28). The average Bonchev–Trinajstić information content (AvgIpc) is 3.32. The molecule has 1 N–H and O–H groups in total. The molecule has 31 heavy (non-hydrogen) atoms. The first kappa shape index (κ1) is 20.9. The first-order valence-electron chi connectivity index (χ1n) is 9.80. The van der Waals surface area contributed by atoms with Crippen LogP contribution in [0.2, 0.25) is 0 Å². The van der Waals surface area contributed by atoms with Gasteiger partial charge in [-0.15, -0.1) is 0 Å². The van der Waals surface area contributed by atoms with E-state index in [1.165, 1.54) is 0 Å². The van der Waals surface area contributed by atoms with Crippen LogP contribution < -0.4 is 14.8 Å². The molecule has 0 fully saturated rings. The molecular weight excluding hydrogens is 412 g/mol. The van der Waals surface area contributed by atoms with E-state index in [9.17, 15) is 4.79 Å². The smallest absolute Gasteiger partial charge is 0.255 e. The number of thiazole rings is 1. The maximum atomic E-state index is 13.0. The largest absolute Gasteiger partial charge is 0.493 e. The molecule has 1 amide bonds. The van der Waals surface area contributed by atoms with Crippen LogP contribution in [0, 0.1) is 27.7 Å². The van der Waals surface area contributed by atoms with Crippen molar-refractivity contribution in [3.05, 3.63) is 58.4 Å². The van der Waals surface area contributed by atoms with Crippen LogP contribution in [0.1, 0.15) is 32.9 Å². The van der Waals surface area contributed by atoms with Gasteiger partial charge in [0.2, 0.25) is 5.13 Å². The van der Waals surface area contributed by atoms with Crippen molar-refractivity contribution in [1.29, 1.82) is 0 Å². The summed E-state index contributed by atoms with van der Waals surface area (Å²) in [6.07, 6.45) is 0. The molecule has 0 radical (unpaired) electrons. The van der Waals surface area contributed by atoms with Crippen molar-refractivity contribution in [3.63, 3.8) is 0 Å². The van der Waals surface area contributed by atoms with Crippen LogP contribution in [0.4, 0.5) is 5.69 Å². The summed E-state index contributed by atoms with van der Waals surface area (Å²) >= 11 is 1.56. The molecule has 4 aromatic rings. The number of ether oxygens (including phenoxy) is 2. The lowest BCUT2D eigenvalue weighted by molar-refractivity contribution is 0.102. The number of nitrogens with zero attached hydrogens (tertiary/aromatic N) is 3. The van der Waals surface area contributed by atoms with E-state index < -0.39 is 0 Å². The minimum absolute atomic E-state index is 0.213. The van der Waals surface area contributed by atoms with Crippen molar-refractivity contribution in [1.82, 2.24) is 14.8 Å². The summed E-state index contributed by atoms with van der Waals surface area (Å²) in [7, 11) is 3.11. The summed E-state index contributed by atoms with van der Waals surface area (Å²) in [4.78, 5) is 17.7. The van der Waals surface area contributed by atoms with Crippen molar-refractivity contribution in [2.45, 2.75) is 27.7 Å². The summed E-state index contributed by atoms with van der Waals surface area (Å²) < 4.78 is 13.5. The van der Waals surface area contributed by atoms with Crippen LogP contribution >= 0.6 is 11.3 Å². The molecule has 0 aliphatic carbocycles. The Morgan fingerprint density at radius 2 is 1.77 bits per heavy atom. The van der Waals surface area contributed by atoms with Crippen molar-refractivity contribution in [2.24, 2.45) is 0 Å². The van der Waals surface area contributed by atoms with E-state index in [0.29, 0.717) is 17.1 Å². The highest BCUT2D eigenvalue weighted by atomic mass is 32.1. The number of hydrogen-bond acceptors (Lipinski definition) is 6. The third-order valence-electron chi connectivity index (χ3n) is 5.18. The Morgan fingerprint density at radius 1 is 1.03 bits per heavy atom. The molecule has 4 rings (SSSR count). The molecule has 0 saturated carbocycles. The number of carbonyl (C=O) groups excluding carboxylic acids is 1. The lowest BCUT2D eigenvalue weighted by atomic mass is 10.1. The zero-order valence-electron chi connectivity index (χ0n) is 18.4. The number of fused-ring (bicyclic) bond motifs is 1. The van der Waals surface area contributed by atoms with Crippen LogP contribution in [0.25, 0.3) is 15.3 Å². The summed E-state index contributed by atoms with van der Waals surface area (Å²) in [5, 5.41) is 8.41. The topological polar surface area (TPSA) is 78.3 Å². The van der Waals surface area contributed by atoms with E-state index in [4.69, 9.17) is 14.5 Å². The molecule has 8 heteroatoms. The molecule has 2 aromatic heterocycles. The Kier molecular flexibility index (Phi) is 5.41. The maximum absolute atomic E-state index is 13.0. The van der Waals surface area contributed by atoms with Crippen LogP contribution in [0.5, 0.6) is 11.5 Å². The van der Waals surface area contributed by atoms with Gasteiger partial charge in [0.1, 0.15) is 0 Å². The molecule has 2 aromatic carbocycles. The second kappa shape index (κ2) is 8.03. The maximum Gasteiger partial charge on any atom is 0.255 e. The van der Waals surface area contributed by atoms with Crippen molar-refractivity contribution in [2.75, 3.05) is 19.5 Å². The highest BCUT2D eigenvalue weighted by Gasteiger charge is 2.18. The van der Waals surface area contributed by atoms with E-state index in [0.717, 1.165) is 43.6 Å². The molecule has 0 unspecified atom stereocenters. The van der Waals surface area contributed by atoms with Gasteiger partial charge >= 0.3 is 0 Å². The van der Waals surface area contributed by atoms with Gasteiger partial charge in [0, 0.05) is 16.9 Å². The number of aromatic nitrogens is 3. The van der Waals surface area contributed by atoms with Gasteiger partial charge < -0.3 is 14.8 Å². The number of anilines is 1. The van der Waals surface area contributed by atoms with Crippen molar-refractivity contribution in [3.8, 4) is 16.6 Å².